The number of hydrogen-bond acceptors (Lipinski definition) is 5. The molecule has 0 saturated carbocycles. The van der Waals surface area contributed by atoms with Gasteiger partial charge in [0.1, 0.15) is 0 Å². The summed E-state index contributed by atoms with van der Waals surface area (Å²) < 4.78 is 0. The lowest BCUT2D eigenvalue weighted by Crippen LogP contribution is -2.46. The Labute approximate surface area is 161 Å². The minimum absolute atomic E-state index is 0.0911. The molecule has 1 fully saturated rings. The molecular weight excluding hydrogens is 342 g/mol. The van der Waals surface area contributed by atoms with E-state index in [4.69, 9.17) is 0 Å². The molecule has 6 nitrogen and oxygen atoms in total. The number of nitrogens with one attached hydrogen (secondary N) is 2. The van der Waals surface area contributed by atoms with Gasteiger partial charge in [0.15, 0.2) is 11.6 Å². The van der Waals surface area contributed by atoms with Crippen molar-refractivity contribution >= 4 is 23.2 Å². The number of ketones is 2. The number of anilines is 1. The van der Waals surface area contributed by atoms with Crippen LogP contribution < -0.4 is 15.5 Å². The summed E-state index contributed by atoms with van der Waals surface area (Å²) in [6.45, 7) is 10.6. The van der Waals surface area contributed by atoms with Crippen LogP contribution in [0.5, 0.6) is 0 Å². The van der Waals surface area contributed by atoms with Crippen LogP contribution in [0, 0.1) is 11.8 Å². The summed E-state index contributed by atoms with van der Waals surface area (Å²) in [6.07, 6.45) is 0.520. The van der Waals surface area contributed by atoms with Crippen LogP contribution in [-0.2, 0) is 9.59 Å². The second-order valence-electron chi connectivity index (χ2n) is 7.43. The lowest BCUT2D eigenvalue weighted by atomic mass is 9.91. The van der Waals surface area contributed by atoms with Crippen molar-refractivity contribution in [2.45, 2.75) is 40.2 Å². The first-order valence-corrected chi connectivity index (χ1v) is 9.80. The van der Waals surface area contributed by atoms with Gasteiger partial charge in [0.25, 0.3) is 5.91 Å². The molecule has 27 heavy (non-hydrogen) atoms. The van der Waals surface area contributed by atoms with Crippen molar-refractivity contribution in [1.29, 1.82) is 0 Å². The van der Waals surface area contributed by atoms with Gasteiger partial charge in [0, 0.05) is 30.9 Å². The number of rotatable bonds is 9. The molecule has 1 aliphatic heterocycles. The van der Waals surface area contributed by atoms with Crippen LogP contribution >= 0.6 is 0 Å². The predicted molar refractivity (Wildman–Crippen MR) is 107 cm³/mol. The van der Waals surface area contributed by atoms with Crippen molar-refractivity contribution in [3.05, 3.63) is 29.8 Å². The summed E-state index contributed by atoms with van der Waals surface area (Å²) in [5.41, 5.74) is 1.58. The molecule has 0 aromatic heterocycles. The van der Waals surface area contributed by atoms with Gasteiger partial charge in [-0.15, -0.1) is 0 Å². The van der Waals surface area contributed by atoms with Crippen molar-refractivity contribution in [3.63, 3.8) is 0 Å². The fraction of sp³-hybridized carbons (Fsp3) is 0.571. The fourth-order valence-electron chi connectivity index (χ4n) is 3.45. The summed E-state index contributed by atoms with van der Waals surface area (Å²) in [5, 5.41) is 5.79. The number of nitrogens with zero attached hydrogens (tertiary/aromatic N) is 1. The summed E-state index contributed by atoms with van der Waals surface area (Å²) in [5.74, 6) is -0.982. The molecule has 6 heteroatoms. The normalized spacial score (nSPS) is 17.8. The molecule has 148 valence electrons. The van der Waals surface area contributed by atoms with Gasteiger partial charge in [0.2, 0.25) is 0 Å². The molecule has 0 aliphatic carbocycles. The predicted octanol–water partition coefficient (Wildman–Crippen LogP) is 2.03. The van der Waals surface area contributed by atoms with Crippen LogP contribution in [0.4, 0.5) is 5.69 Å². The highest BCUT2D eigenvalue weighted by atomic mass is 16.2. The second-order valence-corrected chi connectivity index (χ2v) is 7.43. The van der Waals surface area contributed by atoms with Gasteiger partial charge in [-0.2, -0.15) is 0 Å². The molecule has 0 spiro atoms. The lowest BCUT2D eigenvalue weighted by Gasteiger charge is -2.23. The molecule has 1 heterocycles. The molecule has 2 atom stereocenters. The highest BCUT2D eigenvalue weighted by Gasteiger charge is 2.36. The molecule has 2 N–H and O–H groups in total. The average Bonchev–Trinajstić information content (AvgIpc) is 3.07. The van der Waals surface area contributed by atoms with Crippen molar-refractivity contribution in [2.75, 3.05) is 31.1 Å². The van der Waals surface area contributed by atoms with Crippen molar-refractivity contribution in [1.82, 2.24) is 10.6 Å². The van der Waals surface area contributed by atoms with Crippen LogP contribution in [0.15, 0.2) is 24.3 Å². The molecule has 1 amide bonds. The third-order valence-electron chi connectivity index (χ3n) is 4.99. The van der Waals surface area contributed by atoms with Crippen LogP contribution in [0.2, 0.25) is 0 Å². The molecule has 1 aromatic carbocycles. The zero-order valence-corrected chi connectivity index (χ0v) is 16.7. The highest BCUT2D eigenvalue weighted by molar-refractivity contribution is 6.08. The summed E-state index contributed by atoms with van der Waals surface area (Å²) >= 11 is 0. The Morgan fingerprint density at radius 1 is 1.19 bits per heavy atom. The minimum atomic E-state index is -0.654. The largest absolute Gasteiger partial charge is 0.372 e. The Morgan fingerprint density at radius 3 is 2.30 bits per heavy atom. The van der Waals surface area contributed by atoms with E-state index in [1.807, 2.05) is 26.0 Å². The topological polar surface area (TPSA) is 78.5 Å². The second kappa shape index (κ2) is 9.65. The van der Waals surface area contributed by atoms with Crippen LogP contribution in [0.3, 0.4) is 0 Å². The van der Waals surface area contributed by atoms with E-state index in [-0.39, 0.29) is 29.9 Å². The lowest BCUT2D eigenvalue weighted by molar-refractivity contribution is -0.131. The van der Waals surface area contributed by atoms with E-state index in [0.29, 0.717) is 18.5 Å². The van der Waals surface area contributed by atoms with Crippen LogP contribution in [-0.4, -0.2) is 49.7 Å². The van der Waals surface area contributed by atoms with Crippen LogP contribution in [0.25, 0.3) is 0 Å². The van der Waals surface area contributed by atoms with E-state index < -0.39 is 12.0 Å². The standard InChI is InChI=1S/C21H31N3O3/c1-5-24(6-2)16-9-7-15(8-10-16)21(27)23-18(11-14(3)4)20(26)17-12-22-13-19(17)25/h7-10,14,17-18,22H,5-6,11-13H2,1-4H3,(H,23,27). The Kier molecular flexibility index (Phi) is 7.54. The minimum Gasteiger partial charge on any atom is -0.372 e. The van der Waals surface area contributed by atoms with E-state index in [2.05, 4.69) is 29.4 Å². The zero-order chi connectivity index (χ0) is 20.0. The maximum absolute atomic E-state index is 12.8. The third-order valence-corrected chi connectivity index (χ3v) is 4.99. The van der Waals surface area contributed by atoms with Gasteiger partial charge in [-0.05, 0) is 50.5 Å². The summed E-state index contributed by atoms with van der Waals surface area (Å²) in [6, 6.07) is 6.76. The molecule has 0 bridgehead atoms. The Hall–Kier alpha value is -2.21. The maximum Gasteiger partial charge on any atom is 0.251 e. The van der Waals surface area contributed by atoms with E-state index in [1.54, 1.807) is 12.1 Å². The molecule has 2 unspecified atom stereocenters. The first kappa shape index (κ1) is 21.1. The first-order valence-electron chi connectivity index (χ1n) is 9.80. The zero-order valence-electron chi connectivity index (χ0n) is 16.7. The highest BCUT2D eigenvalue weighted by Crippen LogP contribution is 2.17. The van der Waals surface area contributed by atoms with Crippen LogP contribution in [0.1, 0.15) is 44.5 Å². The van der Waals surface area contributed by atoms with E-state index in [1.165, 1.54) is 0 Å². The Balaban J connectivity index is 2.10. The van der Waals surface area contributed by atoms with Gasteiger partial charge in [-0.1, -0.05) is 13.8 Å². The summed E-state index contributed by atoms with van der Waals surface area (Å²) in [4.78, 5) is 39.6. The van der Waals surface area contributed by atoms with Gasteiger partial charge in [-0.25, -0.2) is 0 Å². The smallest absolute Gasteiger partial charge is 0.251 e. The molecular formula is C21H31N3O3. The van der Waals surface area contributed by atoms with Gasteiger partial charge in [-0.3, -0.25) is 14.4 Å². The Bertz CT molecular complexity index is 666. The SMILES string of the molecule is CCN(CC)c1ccc(C(=O)NC(CC(C)C)C(=O)C2CNCC2=O)cc1. The van der Waals surface area contributed by atoms with Crippen molar-refractivity contribution in [2.24, 2.45) is 11.8 Å². The Morgan fingerprint density at radius 2 is 1.81 bits per heavy atom. The monoisotopic (exact) mass is 373 g/mol. The number of amides is 1. The average molecular weight is 373 g/mol. The summed E-state index contributed by atoms with van der Waals surface area (Å²) in [7, 11) is 0. The molecule has 1 aromatic rings. The van der Waals surface area contributed by atoms with Gasteiger partial charge < -0.3 is 15.5 Å². The maximum atomic E-state index is 12.8. The quantitative estimate of drug-likeness (QED) is 0.648. The first-order chi connectivity index (χ1) is 12.9. The van der Waals surface area contributed by atoms with E-state index in [0.717, 1.165) is 18.8 Å². The van der Waals surface area contributed by atoms with Gasteiger partial charge in [0.05, 0.1) is 18.5 Å². The number of Topliss-reactive ketones (excluding diaryl/α,β-unsaturated/α-hetero) is 2. The van der Waals surface area contributed by atoms with Crippen molar-refractivity contribution < 1.29 is 14.4 Å². The number of hydrogen-bond donors (Lipinski definition) is 2. The van der Waals surface area contributed by atoms with E-state index in [9.17, 15) is 14.4 Å². The molecule has 1 aliphatic rings. The van der Waals surface area contributed by atoms with Crippen molar-refractivity contribution in [3.8, 4) is 0 Å². The van der Waals surface area contributed by atoms with Gasteiger partial charge >= 0.3 is 0 Å². The molecule has 2 rings (SSSR count). The van der Waals surface area contributed by atoms with E-state index >= 15 is 0 Å². The fourth-order valence-corrected chi connectivity index (χ4v) is 3.45. The number of carbonyl (C=O) groups excluding carboxylic acids is 3. The third kappa shape index (κ3) is 5.39. The molecule has 0 radical (unpaired) electrons. The number of benzene rings is 1. The molecule has 1 saturated heterocycles. The number of carbonyl (C=O) groups is 3.